The first-order chi connectivity index (χ1) is 14.8. The molecule has 0 bridgehead atoms. The molecule has 0 aliphatic heterocycles. The average molecular weight is 481 g/mol. The number of hydrogen-bond donors (Lipinski definition) is 1. The number of carbonyl (C=O) groups is 2. The van der Waals surface area contributed by atoms with Gasteiger partial charge in [-0.2, -0.15) is 0 Å². The van der Waals surface area contributed by atoms with E-state index in [1.165, 1.54) is 42.1 Å². The molecule has 1 amide bonds. The summed E-state index contributed by atoms with van der Waals surface area (Å²) in [5.74, 6) is -0.159. The van der Waals surface area contributed by atoms with Gasteiger partial charge in [-0.15, -0.1) is 10.2 Å². The molecule has 1 N–H and O–H groups in total. The Morgan fingerprint density at radius 3 is 2.42 bits per heavy atom. The molecule has 0 radical (unpaired) electrons. The van der Waals surface area contributed by atoms with E-state index in [0.717, 1.165) is 0 Å². The summed E-state index contributed by atoms with van der Waals surface area (Å²) in [4.78, 5) is 24.9. The van der Waals surface area contributed by atoms with Crippen LogP contribution >= 0.6 is 35.0 Å². The molecule has 0 fully saturated rings. The van der Waals surface area contributed by atoms with Gasteiger partial charge in [-0.1, -0.05) is 35.0 Å². The minimum atomic E-state index is -0.434. The van der Waals surface area contributed by atoms with Gasteiger partial charge in [0, 0.05) is 17.7 Å². The SMILES string of the molecule is CCn1c(SCC(=O)c2ccc(F)cc2)nnc1[C@H](C)NC(=O)c1ccc(Cl)c(Cl)c1. The quantitative estimate of drug-likeness (QED) is 0.353. The summed E-state index contributed by atoms with van der Waals surface area (Å²) in [5.41, 5.74) is 0.808. The normalized spacial score (nSPS) is 11.9. The molecule has 1 atom stereocenters. The highest BCUT2D eigenvalue weighted by Crippen LogP contribution is 2.24. The molecule has 10 heteroatoms. The Morgan fingerprint density at radius 1 is 1.10 bits per heavy atom. The number of thioether (sulfide) groups is 1. The Kier molecular flexibility index (Phi) is 7.69. The molecule has 0 saturated carbocycles. The Morgan fingerprint density at radius 2 is 1.77 bits per heavy atom. The topological polar surface area (TPSA) is 76.9 Å². The zero-order valence-corrected chi connectivity index (χ0v) is 19.1. The van der Waals surface area contributed by atoms with Crippen molar-refractivity contribution in [2.75, 3.05) is 5.75 Å². The molecule has 0 aliphatic carbocycles. The lowest BCUT2D eigenvalue weighted by molar-refractivity contribution is 0.0936. The molecule has 31 heavy (non-hydrogen) atoms. The number of Topliss-reactive ketones (excluding diaryl/α,β-unsaturated/α-hetero) is 1. The lowest BCUT2D eigenvalue weighted by Gasteiger charge is -2.15. The molecule has 1 heterocycles. The van der Waals surface area contributed by atoms with Crippen LogP contribution in [0.1, 0.15) is 46.4 Å². The van der Waals surface area contributed by atoms with E-state index in [4.69, 9.17) is 23.2 Å². The van der Waals surface area contributed by atoms with Crippen molar-refractivity contribution < 1.29 is 14.0 Å². The van der Waals surface area contributed by atoms with Crippen LogP contribution in [0, 0.1) is 5.82 Å². The second kappa shape index (κ2) is 10.3. The van der Waals surface area contributed by atoms with Crippen molar-refractivity contribution in [1.82, 2.24) is 20.1 Å². The van der Waals surface area contributed by atoms with Gasteiger partial charge in [0.05, 0.1) is 21.8 Å². The van der Waals surface area contributed by atoms with E-state index in [1.807, 2.05) is 11.5 Å². The summed E-state index contributed by atoms with van der Waals surface area (Å²) in [6.07, 6.45) is 0. The Bertz CT molecular complexity index is 1110. The first-order valence-electron chi connectivity index (χ1n) is 9.40. The van der Waals surface area contributed by atoms with E-state index in [-0.39, 0.29) is 17.4 Å². The van der Waals surface area contributed by atoms with Crippen molar-refractivity contribution in [2.45, 2.75) is 31.6 Å². The number of halogens is 3. The molecular weight excluding hydrogens is 462 g/mol. The van der Waals surface area contributed by atoms with Crippen molar-refractivity contribution in [3.8, 4) is 0 Å². The lowest BCUT2D eigenvalue weighted by Crippen LogP contribution is -2.28. The number of aromatic nitrogens is 3. The van der Waals surface area contributed by atoms with Crippen LogP contribution in [0.3, 0.4) is 0 Å². The van der Waals surface area contributed by atoms with Crippen LogP contribution in [0.4, 0.5) is 4.39 Å². The zero-order chi connectivity index (χ0) is 22.5. The standard InChI is InChI=1S/C21H19Cl2FN4O2S/c1-3-28-19(12(2)25-20(30)14-6-9-16(22)17(23)10-14)26-27-21(28)31-11-18(29)13-4-7-15(24)8-5-13/h4-10,12H,3,11H2,1-2H3,(H,25,30)/t12-/m0/s1. The van der Waals surface area contributed by atoms with Crippen molar-refractivity contribution in [3.63, 3.8) is 0 Å². The summed E-state index contributed by atoms with van der Waals surface area (Å²) in [6, 6.07) is 9.62. The highest BCUT2D eigenvalue weighted by atomic mass is 35.5. The highest BCUT2D eigenvalue weighted by molar-refractivity contribution is 7.99. The van der Waals surface area contributed by atoms with E-state index in [0.29, 0.717) is 38.7 Å². The van der Waals surface area contributed by atoms with Gasteiger partial charge >= 0.3 is 0 Å². The zero-order valence-electron chi connectivity index (χ0n) is 16.7. The fourth-order valence-corrected chi connectivity index (χ4v) is 4.06. The largest absolute Gasteiger partial charge is 0.342 e. The van der Waals surface area contributed by atoms with E-state index in [1.54, 1.807) is 19.1 Å². The van der Waals surface area contributed by atoms with Crippen LogP contribution in [-0.4, -0.2) is 32.2 Å². The third-order valence-corrected chi connectivity index (χ3v) is 6.18. The number of hydrogen-bond acceptors (Lipinski definition) is 5. The minimum Gasteiger partial charge on any atom is -0.342 e. The van der Waals surface area contributed by atoms with Crippen molar-refractivity contribution in [1.29, 1.82) is 0 Å². The van der Waals surface area contributed by atoms with Crippen molar-refractivity contribution in [3.05, 3.63) is 75.3 Å². The molecule has 3 rings (SSSR count). The third-order valence-electron chi connectivity index (χ3n) is 4.48. The van der Waals surface area contributed by atoms with Gasteiger partial charge in [0.15, 0.2) is 16.8 Å². The highest BCUT2D eigenvalue weighted by Gasteiger charge is 2.20. The molecular formula is C21H19Cl2FN4O2S. The predicted molar refractivity (Wildman–Crippen MR) is 119 cm³/mol. The number of ketones is 1. The Labute approximate surface area is 193 Å². The van der Waals surface area contributed by atoms with Crippen LogP contribution in [0.5, 0.6) is 0 Å². The van der Waals surface area contributed by atoms with Gasteiger partial charge in [0.2, 0.25) is 0 Å². The molecule has 0 spiro atoms. The van der Waals surface area contributed by atoms with Gasteiger partial charge < -0.3 is 9.88 Å². The van der Waals surface area contributed by atoms with E-state index in [9.17, 15) is 14.0 Å². The summed E-state index contributed by atoms with van der Waals surface area (Å²) >= 11 is 13.1. The predicted octanol–water partition coefficient (Wildman–Crippen LogP) is 5.21. The van der Waals surface area contributed by atoms with Crippen LogP contribution in [0.15, 0.2) is 47.6 Å². The summed E-state index contributed by atoms with van der Waals surface area (Å²) in [6.45, 7) is 4.28. The van der Waals surface area contributed by atoms with E-state index < -0.39 is 11.9 Å². The Hall–Kier alpha value is -2.42. The average Bonchev–Trinajstić information content (AvgIpc) is 3.17. The van der Waals surface area contributed by atoms with Gasteiger partial charge in [0.25, 0.3) is 5.91 Å². The summed E-state index contributed by atoms with van der Waals surface area (Å²) in [5, 5.41) is 12.5. The molecule has 0 aliphatic rings. The molecule has 162 valence electrons. The third kappa shape index (κ3) is 5.64. The van der Waals surface area contributed by atoms with Crippen LogP contribution in [-0.2, 0) is 6.54 Å². The molecule has 6 nitrogen and oxygen atoms in total. The fourth-order valence-electron chi connectivity index (χ4n) is 2.86. The molecule has 0 unspecified atom stereocenters. The lowest BCUT2D eigenvalue weighted by atomic mass is 10.1. The van der Waals surface area contributed by atoms with Gasteiger partial charge in [-0.25, -0.2) is 4.39 Å². The number of amides is 1. The number of nitrogens with zero attached hydrogens (tertiary/aromatic N) is 3. The van der Waals surface area contributed by atoms with Crippen LogP contribution < -0.4 is 5.32 Å². The smallest absolute Gasteiger partial charge is 0.251 e. The molecule has 0 saturated heterocycles. The van der Waals surface area contributed by atoms with Gasteiger partial charge in [-0.05, 0) is 56.3 Å². The van der Waals surface area contributed by atoms with Gasteiger partial charge in [0.1, 0.15) is 5.82 Å². The second-order valence-electron chi connectivity index (χ2n) is 6.63. The first kappa shape index (κ1) is 23.2. The monoisotopic (exact) mass is 480 g/mol. The fraction of sp³-hybridized carbons (Fsp3) is 0.238. The van der Waals surface area contributed by atoms with Gasteiger partial charge in [-0.3, -0.25) is 9.59 Å². The maximum absolute atomic E-state index is 13.0. The molecule has 2 aromatic carbocycles. The maximum Gasteiger partial charge on any atom is 0.251 e. The van der Waals surface area contributed by atoms with E-state index in [2.05, 4.69) is 15.5 Å². The van der Waals surface area contributed by atoms with Crippen molar-refractivity contribution in [2.24, 2.45) is 0 Å². The first-order valence-corrected chi connectivity index (χ1v) is 11.1. The number of rotatable bonds is 8. The Balaban J connectivity index is 1.68. The van der Waals surface area contributed by atoms with E-state index >= 15 is 0 Å². The summed E-state index contributed by atoms with van der Waals surface area (Å²) in [7, 11) is 0. The summed E-state index contributed by atoms with van der Waals surface area (Å²) < 4.78 is 14.9. The minimum absolute atomic E-state index is 0.133. The van der Waals surface area contributed by atoms with Crippen LogP contribution in [0.25, 0.3) is 0 Å². The molecule has 3 aromatic rings. The number of benzene rings is 2. The van der Waals surface area contributed by atoms with Crippen molar-refractivity contribution >= 4 is 46.7 Å². The second-order valence-corrected chi connectivity index (χ2v) is 8.38. The maximum atomic E-state index is 13.0. The molecule has 1 aromatic heterocycles. The number of carbonyl (C=O) groups excluding carboxylic acids is 2. The number of nitrogens with one attached hydrogen (secondary N) is 1. The van der Waals surface area contributed by atoms with Crippen LogP contribution in [0.2, 0.25) is 10.0 Å².